The number of carbonyl (C=O) groups is 3. The Bertz CT molecular complexity index is 929. The van der Waals surface area contributed by atoms with Crippen LogP contribution in [-0.4, -0.2) is 46.8 Å². The molecule has 1 saturated heterocycles. The zero-order valence-electron chi connectivity index (χ0n) is 15.4. The molecule has 2 amide bonds. The first kappa shape index (κ1) is 19.2. The largest absolute Gasteiger partial charge is 0.342 e. The molecule has 8 heteroatoms. The van der Waals surface area contributed by atoms with Gasteiger partial charge in [0.15, 0.2) is 0 Å². The smallest absolute Gasteiger partial charge is 0.329 e. The van der Waals surface area contributed by atoms with E-state index in [-0.39, 0.29) is 29.2 Å². The molecule has 0 spiro atoms. The van der Waals surface area contributed by atoms with E-state index in [0.717, 1.165) is 5.56 Å². The van der Waals surface area contributed by atoms with Gasteiger partial charge in [-0.3, -0.25) is 14.5 Å². The van der Waals surface area contributed by atoms with Crippen LogP contribution >= 0.6 is 0 Å². The van der Waals surface area contributed by atoms with Gasteiger partial charge in [-0.2, -0.15) is 0 Å². The first-order valence-electron chi connectivity index (χ1n) is 9.20. The monoisotopic (exact) mass is 400 g/mol. The summed E-state index contributed by atoms with van der Waals surface area (Å²) in [6.45, 7) is 0.00670. The zero-order chi connectivity index (χ0) is 20.6. The number of amides is 2. The summed E-state index contributed by atoms with van der Waals surface area (Å²) < 4.78 is 29.3. The molecule has 0 bridgehead atoms. The van der Waals surface area contributed by atoms with Crippen LogP contribution in [0.1, 0.15) is 32.7 Å². The molecule has 0 aromatic heterocycles. The van der Waals surface area contributed by atoms with Crippen LogP contribution in [0.25, 0.3) is 0 Å². The Balaban J connectivity index is 1.42. The fourth-order valence-electron chi connectivity index (χ4n) is 3.68. The van der Waals surface area contributed by atoms with Crippen molar-refractivity contribution in [3.63, 3.8) is 0 Å². The minimum Gasteiger partial charge on any atom is -0.329 e. The predicted octanol–water partition coefficient (Wildman–Crippen LogP) is 2.90. The van der Waals surface area contributed by atoms with Crippen LogP contribution in [0.15, 0.2) is 54.6 Å². The second-order valence-corrected chi connectivity index (χ2v) is 7.16. The van der Waals surface area contributed by atoms with Crippen molar-refractivity contribution in [2.45, 2.75) is 18.9 Å². The van der Waals surface area contributed by atoms with Gasteiger partial charge in [-0.1, -0.05) is 47.5 Å². The Labute approximate surface area is 165 Å². The molecule has 0 radical (unpaired) electrons. The molecular weight excluding hydrogens is 382 g/mol. The van der Waals surface area contributed by atoms with Crippen molar-refractivity contribution in [3.05, 3.63) is 71.3 Å². The molecule has 0 aliphatic carbocycles. The molecule has 2 heterocycles. The number of piperidine rings is 1. The van der Waals surface area contributed by atoms with Crippen LogP contribution in [0.3, 0.4) is 0 Å². The van der Waals surface area contributed by atoms with Gasteiger partial charge in [0.25, 0.3) is 17.7 Å². The summed E-state index contributed by atoms with van der Waals surface area (Å²) in [6, 6.07) is 15.2. The number of benzene rings is 2. The molecule has 29 heavy (non-hydrogen) atoms. The van der Waals surface area contributed by atoms with Crippen LogP contribution in [-0.2, 0) is 16.2 Å². The van der Waals surface area contributed by atoms with E-state index < -0.39 is 36.2 Å². The van der Waals surface area contributed by atoms with E-state index in [0.29, 0.717) is 6.54 Å². The Morgan fingerprint density at radius 3 is 2.17 bits per heavy atom. The maximum atomic E-state index is 14.7. The number of nitrogens with zero attached hydrogens (tertiary/aromatic N) is 2. The maximum Gasteiger partial charge on any atom is 0.342 e. The van der Waals surface area contributed by atoms with Crippen molar-refractivity contribution in [1.29, 1.82) is 0 Å². The number of imide groups is 1. The highest BCUT2D eigenvalue weighted by atomic mass is 19.3. The predicted molar refractivity (Wildman–Crippen MR) is 97.8 cm³/mol. The van der Waals surface area contributed by atoms with Gasteiger partial charge in [-0.15, -0.1) is 0 Å². The number of hydrogen-bond donors (Lipinski definition) is 0. The second kappa shape index (κ2) is 7.36. The third-order valence-corrected chi connectivity index (χ3v) is 5.15. The SMILES string of the molecule is O=C(ON1C(=O)c2ccccc2C1=O)C1CCN(Cc2ccccc2)CC1(F)F. The zero-order valence-corrected chi connectivity index (χ0v) is 15.4. The van der Waals surface area contributed by atoms with E-state index in [1.165, 1.54) is 12.1 Å². The minimum atomic E-state index is -3.34. The van der Waals surface area contributed by atoms with Gasteiger partial charge in [0.05, 0.1) is 17.7 Å². The van der Waals surface area contributed by atoms with Crippen molar-refractivity contribution < 1.29 is 28.0 Å². The summed E-state index contributed by atoms with van der Waals surface area (Å²) >= 11 is 0. The number of hydroxylamine groups is 2. The fraction of sp³-hybridized carbons (Fsp3) is 0.286. The first-order chi connectivity index (χ1) is 13.9. The minimum absolute atomic E-state index is 0.0785. The van der Waals surface area contributed by atoms with E-state index in [1.54, 1.807) is 17.0 Å². The van der Waals surface area contributed by atoms with Gasteiger partial charge in [0.1, 0.15) is 5.92 Å². The fourth-order valence-corrected chi connectivity index (χ4v) is 3.68. The van der Waals surface area contributed by atoms with Gasteiger partial charge in [-0.25, -0.2) is 13.6 Å². The lowest BCUT2D eigenvalue weighted by atomic mass is 9.92. The van der Waals surface area contributed by atoms with E-state index >= 15 is 0 Å². The van der Waals surface area contributed by atoms with Gasteiger partial charge >= 0.3 is 5.97 Å². The van der Waals surface area contributed by atoms with Crippen molar-refractivity contribution in [2.24, 2.45) is 5.92 Å². The number of carbonyl (C=O) groups excluding carboxylic acids is 3. The molecule has 6 nitrogen and oxygen atoms in total. The Kier molecular flexibility index (Phi) is 4.87. The van der Waals surface area contributed by atoms with Crippen LogP contribution in [0.4, 0.5) is 8.78 Å². The average molecular weight is 400 g/mol. The number of fused-ring (bicyclic) bond motifs is 1. The van der Waals surface area contributed by atoms with Crippen LogP contribution in [0, 0.1) is 5.92 Å². The highest BCUT2D eigenvalue weighted by Gasteiger charge is 2.51. The molecule has 4 rings (SSSR count). The highest BCUT2D eigenvalue weighted by molar-refractivity contribution is 6.20. The third-order valence-electron chi connectivity index (χ3n) is 5.15. The van der Waals surface area contributed by atoms with Crippen LogP contribution in [0.2, 0.25) is 0 Å². The first-order valence-corrected chi connectivity index (χ1v) is 9.20. The lowest BCUT2D eigenvalue weighted by Crippen LogP contribution is -2.52. The molecule has 0 saturated carbocycles. The molecule has 1 fully saturated rings. The lowest BCUT2D eigenvalue weighted by molar-refractivity contribution is -0.195. The Morgan fingerprint density at radius 2 is 1.59 bits per heavy atom. The third kappa shape index (κ3) is 3.63. The standard InChI is InChI=1S/C21H18F2N2O4/c22-21(23)13-24(12-14-6-2-1-3-7-14)11-10-17(21)20(28)29-25-18(26)15-8-4-5-9-16(15)19(25)27/h1-9,17H,10-13H2. The van der Waals surface area contributed by atoms with Crippen molar-refractivity contribution in [1.82, 2.24) is 9.96 Å². The van der Waals surface area contributed by atoms with Gasteiger partial charge < -0.3 is 4.84 Å². The van der Waals surface area contributed by atoms with E-state index in [4.69, 9.17) is 4.84 Å². The lowest BCUT2D eigenvalue weighted by Gasteiger charge is -2.37. The summed E-state index contributed by atoms with van der Waals surface area (Å²) in [4.78, 5) is 43.4. The molecule has 1 atom stereocenters. The summed E-state index contributed by atoms with van der Waals surface area (Å²) in [7, 11) is 0. The molecule has 2 aliphatic rings. The molecule has 2 aliphatic heterocycles. The Hall–Kier alpha value is -3.13. The van der Waals surface area contributed by atoms with Gasteiger partial charge in [0, 0.05) is 6.54 Å². The van der Waals surface area contributed by atoms with Crippen molar-refractivity contribution >= 4 is 17.8 Å². The number of alkyl halides is 2. The molecule has 150 valence electrons. The number of likely N-dealkylation sites (tertiary alicyclic amines) is 1. The molecule has 2 aromatic carbocycles. The number of halogens is 2. The van der Waals surface area contributed by atoms with E-state index in [1.807, 2.05) is 30.3 Å². The Morgan fingerprint density at radius 1 is 1.00 bits per heavy atom. The average Bonchev–Trinajstić information content (AvgIpc) is 2.93. The van der Waals surface area contributed by atoms with E-state index in [2.05, 4.69) is 0 Å². The van der Waals surface area contributed by atoms with Crippen molar-refractivity contribution in [3.8, 4) is 0 Å². The van der Waals surface area contributed by atoms with Crippen LogP contribution in [0.5, 0.6) is 0 Å². The van der Waals surface area contributed by atoms with E-state index in [9.17, 15) is 23.2 Å². The van der Waals surface area contributed by atoms with Gasteiger partial charge in [0.2, 0.25) is 0 Å². The number of rotatable bonds is 4. The quantitative estimate of drug-likeness (QED) is 0.739. The summed E-state index contributed by atoms with van der Waals surface area (Å²) in [5, 5.41) is 0.277. The molecule has 2 aromatic rings. The second-order valence-electron chi connectivity index (χ2n) is 7.16. The molecule has 0 N–H and O–H groups in total. The number of hydrogen-bond acceptors (Lipinski definition) is 5. The highest BCUT2D eigenvalue weighted by Crippen LogP contribution is 2.35. The van der Waals surface area contributed by atoms with Crippen LogP contribution < -0.4 is 0 Å². The summed E-state index contributed by atoms with van der Waals surface area (Å²) in [6.07, 6.45) is -0.137. The summed E-state index contributed by atoms with van der Waals surface area (Å²) in [5.41, 5.74) is 1.06. The topological polar surface area (TPSA) is 66.9 Å². The molecular formula is C21H18F2N2O4. The summed E-state index contributed by atoms with van der Waals surface area (Å²) in [5.74, 6) is -8.00. The normalized spacial score (nSPS) is 21.2. The maximum absolute atomic E-state index is 14.7. The van der Waals surface area contributed by atoms with Gasteiger partial charge in [-0.05, 0) is 30.7 Å². The molecule has 1 unspecified atom stereocenters. The van der Waals surface area contributed by atoms with Crippen molar-refractivity contribution in [2.75, 3.05) is 13.1 Å².